The first-order chi connectivity index (χ1) is 14.4. The van der Waals surface area contributed by atoms with Crippen LogP contribution in [0.4, 0.5) is 0 Å². The standard InChI is InChI=1S/C24H30O7/c1-6-24(30,14(4)5)12-20(28)31-19(10-7-13(2)3)15-11-18(27)21-16(25)8-9-17(26)22(21)23(15)29/h7-9,11,14,19,25-26,30H,6,10,12H2,1-5H3/t19-,24?/m1/s1. The van der Waals surface area contributed by atoms with E-state index in [9.17, 15) is 29.7 Å². The molecule has 1 aromatic carbocycles. The largest absolute Gasteiger partial charge is 0.507 e. The number of phenolic OH excluding ortho intramolecular Hbond substituents is 2. The van der Waals surface area contributed by atoms with Crippen molar-refractivity contribution in [3.05, 3.63) is 46.6 Å². The minimum absolute atomic E-state index is 0.0890. The number of ether oxygens (including phenoxy) is 1. The van der Waals surface area contributed by atoms with Gasteiger partial charge in [-0.25, -0.2) is 0 Å². The number of hydrogen-bond donors (Lipinski definition) is 3. The molecule has 0 radical (unpaired) electrons. The Bertz CT molecular complexity index is 951. The molecule has 0 saturated heterocycles. The summed E-state index contributed by atoms with van der Waals surface area (Å²) in [7, 11) is 0. The maximum absolute atomic E-state index is 13.1. The van der Waals surface area contributed by atoms with Crippen LogP contribution in [0.2, 0.25) is 0 Å². The Hall–Kier alpha value is -2.93. The lowest BCUT2D eigenvalue weighted by atomic mass is 9.84. The summed E-state index contributed by atoms with van der Waals surface area (Å²) >= 11 is 0. The number of aliphatic hydroxyl groups is 1. The molecule has 1 aliphatic carbocycles. The lowest BCUT2D eigenvalue weighted by Crippen LogP contribution is -2.38. The minimum Gasteiger partial charge on any atom is -0.507 e. The number of Topliss-reactive ketones (excluding diaryl/α,β-unsaturated/α-hetero) is 1. The van der Waals surface area contributed by atoms with Gasteiger partial charge in [0.1, 0.15) is 17.6 Å². The number of allylic oxidation sites excluding steroid dienone is 2. The van der Waals surface area contributed by atoms with Crippen LogP contribution in [0.5, 0.6) is 11.5 Å². The van der Waals surface area contributed by atoms with E-state index in [1.165, 1.54) is 0 Å². The van der Waals surface area contributed by atoms with Gasteiger partial charge in [0.25, 0.3) is 0 Å². The topological polar surface area (TPSA) is 121 Å². The van der Waals surface area contributed by atoms with Gasteiger partial charge in [-0.3, -0.25) is 14.4 Å². The van der Waals surface area contributed by atoms with Crippen molar-refractivity contribution in [1.29, 1.82) is 0 Å². The van der Waals surface area contributed by atoms with E-state index < -0.39 is 40.7 Å². The van der Waals surface area contributed by atoms with Crippen molar-refractivity contribution in [2.45, 2.75) is 65.6 Å². The van der Waals surface area contributed by atoms with Crippen LogP contribution >= 0.6 is 0 Å². The predicted molar refractivity (Wildman–Crippen MR) is 115 cm³/mol. The van der Waals surface area contributed by atoms with E-state index in [0.29, 0.717) is 6.42 Å². The average molecular weight is 430 g/mol. The maximum Gasteiger partial charge on any atom is 0.309 e. The van der Waals surface area contributed by atoms with Crippen molar-refractivity contribution < 1.29 is 34.4 Å². The van der Waals surface area contributed by atoms with Crippen molar-refractivity contribution in [3.63, 3.8) is 0 Å². The van der Waals surface area contributed by atoms with Gasteiger partial charge in [0.2, 0.25) is 0 Å². The summed E-state index contributed by atoms with van der Waals surface area (Å²) in [6.07, 6.45) is 1.95. The van der Waals surface area contributed by atoms with Crippen molar-refractivity contribution >= 4 is 17.5 Å². The number of esters is 1. The fourth-order valence-electron chi connectivity index (χ4n) is 3.49. The predicted octanol–water partition coefficient (Wildman–Crippen LogP) is 3.86. The highest BCUT2D eigenvalue weighted by Crippen LogP contribution is 2.36. The van der Waals surface area contributed by atoms with Crippen LogP contribution in [0.25, 0.3) is 0 Å². The molecule has 7 nitrogen and oxygen atoms in total. The quantitative estimate of drug-likeness (QED) is 0.325. The van der Waals surface area contributed by atoms with Crippen LogP contribution in [0.1, 0.15) is 74.6 Å². The van der Waals surface area contributed by atoms with E-state index in [1.54, 1.807) is 26.8 Å². The molecule has 168 valence electrons. The molecule has 1 unspecified atom stereocenters. The molecule has 0 saturated carbocycles. The molecule has 0 amide bonds. The SMILES string of the molecule is CCC(O)(CC(=O)O[C@H](CC=C(C)C)C1=CC(=O)c2c(O)ccc(O)c2C1=O)C(C)C. The summed E-state index contributed by atoms with van der Waals surface area (Å²) in [5.74, 6) is -3.10. The number of phenols is 2. The Morgan fingerprint density at radius 3 is 2.23 bits per heavy atom. The van der Waals surface area contributed by atoms with E-state index in [1.807, 2.05) is 13.8 Å². The Labute approximate surface area is 182 Å². The Kier molecular flexibility index (Phi) is 7.44. The van der Waals surface area contributed by atoms with E-state index in [2.05, 4.69) is 0 Å². The fraction of sp³-hybridized carbons (Fsp3) is 0.458. The van der Waals surface area contributed by atoms with Gasteiger partial charge in [-0.15, -0.1) is 0 Å². The van der Waals surface area contributed by atoms with E-state index in [4.69, 9.17) is 4.74 Å². The van der Waals surface area contributed by atoms with Crippen molar-refractivity contribution in [1.82, 2.24) is 0 Å². The molecule has 31 heavy (non-hydrogen) atoms. The van der Waals surface area contributed by atoms with Crippen LogP contribution in [0, 0.1) is 5.92 Å². The first-order valence-electron chi connectivity index (χ1n) is 10.3. The average Bonchev–Trinajstić information content (AvgIpc) is 2.69. The van der Waals surface area contributed by atoms with Crippen molar-refractivity contribution in [3.8, 4) is 11.5 Å². The van der Waals surface area contributed by atoms with Crippen LogP contribution in [0.3, 0.4) is 0 Å². The Morgan fingerprint density at radius 2 is 1.71 bits per heavy atom. The highest BCUT2D eigenvalue weighted by molar-refractivity contribution is 6.27. The van der Waals surface area contributed by atoms with Gasteiger partial charge in [0, 0.05) is 12.0 Å². The van der Waals surface area contributed by atoms with Crippen molar-refractivity contribution in [2.24, 2.45) is 5.92 Å². The first-order valence-corrected chi connectivity index (χ1v) is 10.3. The van der Waals surface area contributed by atoms with Crippen LogP contribution in [-0.4, -0.2) is 44.6 Å². The molecule has 2 rings (SSSR count). The molecular formula is C24H30O7. The molecule has 0 spiro atoms. The third-order valence-corrected chi connectivity index (χ3v) is 5.68. The van der Waals surface area contributed by atoms with Gasteiger partial charge >= 0.3 is 5.97 Å². The molecule has 1 aliphatic rings. The van der Waals surface area contributed by atoms with E-state index in [-0.39, 0.29) is 35.5 Å². The molecular weight excluding hydrogens is 400 g/mol. The van der Waals surface area contributed by atoms with Gasteiger partial charge in [-0.2, -0.15) is 0 Å². The van der Waals surface area contributed by atoms with Gasteiger partial charge in [0.05, 0.1) is 23.1 Å². The maximum atomic E-state index is 13.1. The molecule has 0 bridgehead atoms. The van der Waals surface area contributed by atoms with Gasteiger partial charge in [0.15, 0.2) is 11.6 Å². The second kappa shape index (κ2) is 9.47. The first kappa shape index (κ1) is 24.3. The molecule has 2 atom stereocenters. The fourth-order valence-corrected chi connectivity index (χ4v) is 3.49. The lowest BCUT2D eigenvalue weighted by Gasteiger charge is -2.31. The molecule has 7 heteroatoms. The second-order valence-corrected chi connectivity index (χ2v) is 8.43. The van der Waals surface area contributed by atoms with Crippen LogP contribution in [0.15, 0.2) is 35.4 Å². The minimum atomic E-state index is -1.25. The van der Waals surface area contributed by atoms with E-state index >= 15 is 0 Å². The highest BCUT2D eigenvalue weighted by atomic mass is 16.5. The number of carbonyl (C=O) groups is 3. The zero-order chi connectivity index (χ0) is 23.5. The number of hydrogen-bond acceptors (Lipinski definition) is 7. The summed E-state index contributed by atoms with van der Waals surface area (Å²) in [5.41, 5.74) is -1.01. The third-order valence-electron chi connectivity index (χ3n) is 5.68. The second-order valence-electron chi connectivity index (χ2n) is 8.43. The van der Waals surface area contributed by atoms with Crippen molar-refractivity contribution in [2.75, 3.05) is 0 Å². The number of rotatable bonds is 8. The Balaban J connectivity index is 2.41. The third kappa shape index (κ3) is 5.22. The zero-order valence-electron chi connectivity index (χ0n) is 18.6. The van der Waals surface area contributed by atoms with E-state index in [0.717, 1.165) is 23.8 Å². The summed E-state index contributed by atoms with van der Waals surface area (Å²) in [6, 6.07) is 2.26. The Morgan fingerprint density at radius 1 is 1.13 bits per heavy atom. The zero-order valence-corrected chi connectivity index (χ0v) is 18.6. The number of carbonyl (C=O) groups excluding carboxylic acids is 3. The van der Waals surface area contributed by atoms with Crippen LogP contribution in [-0.2, 0) is 9.53 Å². The van der Waals surface area contributed by atoms with Gasteiger partial charge < -0.3 is 20.1 Å². The molecule has 1 aromatic rings. The monoisotopic (exact) mass is 430 g/mol. The normalized spacial score (nSPS) is 16.3. The molecule has 3 N–H and O–H groups in total. The molecule has 0 fully saturated rings. The number of aromatic hydroxyl groups is 2. The summed E-state index contributed by atoms with van der Waals surface area (Å²) < 4.78 is 5.56. The molecule has 0 aromatic heterocycles. The van der Waals surface area contributed by atoms with Gasteiger partial charge in [-0.05, 0) is 44.4 Å². The smallest absolute Gasteiger partial charge is 0.309 e. The molecule has 0 aliphatic heterocycles. The number of fused-ring (bicyclic) bond motifs is 1. The lowest BCUT2D eigenvalue weighted by molar-refractivity contribution is -0.154. The number of ketones is 2. The van der Waals surface area contributed by atoms with Crippen LogP contribution < -0.4 is 0 Å². The summed E-state index contributed by atoms with van der Waals surface area (Å²) in [5, 5.41) is 30.8. The number of benzene rings is 1. The van der Waals surface area contributed by atoms with Gasteiger partial charge in [-0.1, -0.05) is 32.4 Å². The highest BCUT2D eigenvalue weighted by Gasteiger charge is 2.37. The summed E-state index contributed by atoms with van der Waals surface area (Å²) in [4.78, 5) is 38.4. The molecule has 0 heterocycles. The summed E-state index contributed by atoms with van der Waals surface area (Å²) in [6.45, 7) is 9.06.